The molecule has 3 aromatic carbocycles. The van der Waals surface area contributed by atoms with Crippen LogP contribution in [0.4, 0.5) is 0 Å². The molecule has 3 aromatic rings. The van der Waals surface area contributed by atoms with Gasteiger partial charge < -0.3 is 0 Å². The quantitative estimate of drug-likeness (QED) is 0.312. The Hall–Kier alpha value is -0.900. The zero-order chi connectivity index (χ0) is 17.6. The van der Waals surface area contributed by atoms with Crippen molar-refractivity contribution in [3.05, 3.63) is 103 Å². The first-order valence-corrected chi connectivity index (χ1v) is 10.7. The SMILES string of the molecule is Brc1cccc(CC(Cc2cccc(Br)c2)Cc2cccc(Br)c2)c1. The maximum Gasteiger partial charge on any atom is 0.0177 e. The molecule has 0 N–H and O–H groups in total. The molecule has 0 aliphatic heterocycles. The molecule has 0 radical (unpaired) electrons. The van der Waals surface area contributed by atoms with Crippen LogP contribution in [0.3, 0.4) is 0 Å². The minimum absolute atomic E-state index is 0.554. The molecule has 0 saturated heterocycles. The first-order chi connectivity index (χ1) is 12.1. The smallest absolute Gasteiger partial charge is 0.0177 e. The average molecular weight is 523 g/mol. The van der Waals surface area contributed by atoms with Crippen LogP contribution in [0.25, 0.3) is 0 Å². The summed E-state index contributed by atoms with van der Waals surface area (Å²) in [7, 11) is 0. The molecule has 0 aromatic heterocycles. The third kappa shape index (κ3) is 6.09. The van der Waals surface area contributed by atoms with Gasteiger partial charge in [0.1, 0.15) is 0 Å². The monoisotopic (exact) mass is 520 g/mol. The van der Waals surface area contributed by atoms with Crippen molar-refractivity contribution in [1.29, 1.82) is 0 Å². The highest BCUT2D eigenvalue weighted by Crippen LogP contribution is 2.24. The molecular weight excluding hydrogens is 504 g/mol. The Morgan fingerprint density at radius 1 is 0.520 bits per heavy atom. The molecule has 0 unspecified atom stereocenters. The van der Waals surface area contributed by atoms with Crippen LogP contribution < -0.4 is 0 Å². The Bertz CT molecular complexity index is 729. The van der Waals surface area contributed by atoms with E-state index < -0.39 is 0 Å². The zero-order valence-electron chi connectivity index (χ0n) is 13.8. The molecule has 0 nitrogen and oxygen atoms in total. The van der Waals surface area contributed by atoms with Gasteiger partial charge >= 0.3 is 0 Å². The molecule has 0 fully saturated rings. The molecule has 0 spiro atoms. The van der Waals surface area contributed by atoms with Gasteiger partial charge in [0.05, 0.1) is 0 Å². The first-order valence-electron chi connectivity index (χ1n) is 8.32. The number of hydrogen-bond acceptors (Lipinski definition) is 0. The van der Waals surface area contributed by atoms with Crippen LogP contribution in [0.15, 0.2) is 86.2 Å². The van der Waals surface area contributed by atoms with Gasteiger partial charge in [0.2, 0.25) is 0 Å². The molecule has 25 heavy (non-hydrogen) atoms. The maximum atomic E-state index is 3.59. The fourth-order valence-electron chi connectivity index (χ4n) is 3.21. The molecular formula is C22H19Br3. The summed E-state index contributed by atoms with van der Waals surface area (Å²) in [6.45, 7) is 0. The summed E-state index contributed by atoms with van der Waals surface area (Å²) in [5.41, 5.74) is 4.14. The Balaban J connectivity index is 1.82. The van der Waals surface area contributed by atoms with Gasteiger partial charge in [-0.15, -0.1) is 0 Å². The van der Waals surface area contributed by atoms with Gasteiger partial charge in [-0.3, -0.25) is 0 Å². The van der Waals surface area contributed by atoms with Crippen LogP contribution in [-0.2, 0) is 19.3 Å². The van der Waals surface area contributed by atoms with E-state index >= 15 is 0 Å². The predicted molar refractivity (Wildman–Crippen MR) is 117 cm³/mol. The topological polar surface area (TPSA) is 0 Å². The average Bonchev–Trinajstić information content (AvgIpc) is 2.55. The molecule has 0 amide bonds. The highest BCUT2D eigenvalue weighted by Gasteiger charge is 2.13. The Morgan fingerprint density at radius 3 is 1.12 bits per heavy atom. The molecule has 3 rings (SSSR count). The molecule has 0 heterocycles. The highest BCUT2D eigenvalue weighted by molar-refractivity contribution is 9.11. The van der Waals surface area contributed by atoms with E-state index in [-0.39, 0.29) is 0 Å². The number of hydrogen-bond donors (Lipinski definition) is 0. The van der Waals surface area contributed by atoms with E-state index in [0.717, 1.165) is 32.7 Å². The van der Waals surface area contributed by atoms with Gasteiger partial charge in [-0.05, 0) is 78.3 Å². The van der Waals surface area contributed by atoms with E-state index in [1.807, 2.05) is 0 Å². The molecule has 0 atom stereocenters. The van der Waals surface area contributed by atoms with E-state index in [4.69, 9.17) is 0 Å². The summed E-state index contributed by atoms with van der Waals surface area (Å²) in [6.07, 6.45) is 3.20. The lowest BCUT2D eigenvalue weighted by Gasteiger charge is -2.18. The fraction of sp³-hybridized carbons (Fsp3) is 0.182. The summed E-state index contributed by atoms with van der Waals surface area (Å²) < 4.78 is 3.44. The van der Waals surface area contributed by atoms with Crippen molar-refractivity contribution in [3.63, 3.8) is 0 Å². The maximum absolute atomic E-state index is 3.59. The third-order valence-electron chi connectivity index (χ3n) is 4.24. The zero-order valence-corrected chi connectivity index (χ0v) is 18.5. The summed E-state index contributed by atoms with van der Waals surface area (Å²) in [5, 5.41) is 0. The van der Waals surface area contributed by atoms with Crippen LogP contribution >= 0.6 is 47.8 Å². The lowest BCUT2D eigenvalue weighted by molar-refractivity contribution is 0.518. The van der Waals surface area contributed by atoms with Crippen LogP contribution in [0.5, 0.6) is 0 Å². The second kappa shape index (κ2) is 9.16. The Morgan fingerprint density at radius 2 is 0.840 bits per heavy atom. The van der Waals surface area contributed by atoms with Crippen molar-refractivity contribution in [2.24, 2.45) is 5.92 Å². The van der Waals surface area contributed by atoms with Crippen molar-refractivity contribution in [2.75, 3.05) is 0 Å². The lowest BCUT2D eigenvalue weighted by Crippen LogP contribution is -2.12. The van der Waals surface area contributed by atoms with Gasteiger partial charge in [0.25, 0.3) is 0 Å². The molecule has 3 heteroatoms. The third-order valence-corrected chi connectivity index (χ3v) is 5.72. The van der Waals surface area contributed by atoms with Crippen molar-refractivity contribution in [2.45, 2.75) is 19.3 Å². The second-order valence-corrected chi connectivity index (χ2v) is 9.12. The first kappa shape index (κ1) is 18.9. The minimum Gasteiger partial charge on any atom is -0.0609 e. The van der Waals surface area contributed by atoms with Crippen LogP contribution in [0, 0.1) is 5.92 Å². The van der Waals surface area contributed by atoms with Gasteiger partial charge in [-0.2, -0.15) is 0 Å². The van der Waals surface area contributed by atoms with Crippen molar-refractivity contribution < 1.29 is 0 Å². The number of benzene rings is 3. The summed E-state index contributed by atoms with van der Waals surface area (Å²) in [6, 6.07) is 26.0. The highest BCUT2D eigenvalue weighted by atomic mass is 79.9. The van der Waals surface area contributed by atoms with Crippen LogP contribution in [0.1, 0.15) is 16.7 Å². The summed E-state index contributed by atoms with van der Waals surface area (Å²) in [5.74, 6) is 0.554. The number of halogens is 3. The van der Waals surface area contributed by atoms with E-state index in [9.17, 15) is 0 Å². The van der Waals surface area contributed by atoms with E-state index in [1.54, 1.807) is 0 Å². The van der Waals surface area contributed by atoms with Gasteiger partial charge in [-0.1, -0.05) is 84.2 Å². The number of rotatable bonds is 6. The molecule has 128 valence electrons. The second-order valence-electron chi connectivity index (χ2n) is 6.37. The van der Waals surface area contributed by atoms with Crippen molar-refractivity contribution in [3.8, 4) is 0 Å². The normalized spacial score (nSPS) is 11.0. The fourth-order valence-corrected chi connectivity index (χ4v) is 4.55. The lowest BCUT2D eigenvalue weighted by atomic mass is 9.87. The standard InChI is InChI=1S/C22H19Br3/c23-20-7-1-4-16(13-20)10-19(11-17-5-2-8-21(24)14-17)12-18-6-3-9-22(25)15-18/h1-9,13-15,19H,10-12H2. The van der Waals surface area contributed by atoms with Gasteiger partial charge in [-0.25, -0.2) is 0 Å². The van der Waals surface area contributed by atoms with Crippen LogP contribution in [0.2, 0.25) is 0 Å². The molecule has 0 bridgehead atoms. The molecule has 0 aliphatic rings. The van der Waals surface area contributed by atoms with E-state index in [0.29, 0.717) is 5.92 Å². The van der Waals surface area contributed by atoms with Crippen LogP contribution in [-0.4, -0.2) is 0 Å². The molecule has 0 aliphatic carbocycles. The Kier molecular flexibility index (Phi) is 6.92. The Labute approximate surface area is 175 Å². The summed E-state index contributed by atoms with van der Waals surface area (Å²) >= 11 is 10.8. The predicted octanol–water partition coefficient (Wildman–Crippen LogP) is 7.62. The minimum atomic E-state index is 0.554. The largest absolute Gasteiger partial charge is 0.0609 e. The molecule has 0 saturated carbocycles. The van der Waals surface area contributed by atoms with Gasteiger partial charge in [0, 0.05) is 13.4 Å². The van der Waals surface area contributed by atoms with Gasteiger partial charge in [0.15, 0.2) is 0 Å². The van der Waals surface area contributed by atoms with E-state index in [2.05, 4.69) is 121 Å². The summed E-state index contributed by atoms with van der Waals surface area (Å²) in [4.78, 5) is 0. The van der Waals surface area contributed by atoms with Crippen molar-refractivity contribution >= 4 is 47.8 Å². The van der Waals surface area contributed by atoms with Crippen molar-refractivity contribution in [1.82, 2.24) is 0 Å². The van der Waals surface area contributed by atoms with E-state index in [1.165, 1.54) is 16.7 Å².